The third-order valence-electron chi connectivity index (χ3n) is 2.97. The summed E-state index contributed by atoms with van der Waals surface area (Å²) in [4.78, 5) is 11.8. The first kappa shape index (κ1) is 10.9. The molecule has 0 bridgehead atoms. The zero-order chi connectivity index (χ0) is 11.6. The topological polar surface area (TPSA) is 114 Å². The number of carbonyl (C=O) groups excluding carboxylic acids is 1. The number of amides is 1. The molecule has 1 saturated carbocycles. The molecule has 7 nitrogen and oxygen atoms in total. The van der Waals surface area contributed by atoms with Crippen molar-refractivity contribution in [1.82, 2.24) is 15.6 Å². The second-order valence-corrected chi connectivity index (χ2v) is 4.10. The first-order chi connectivity index (χ1) is 7.67. The molecule has 88 valence electrons. The van der Waals surface area contributed by atoms with Crippen molar-refractivity contribution in [2.75, 3.05) is 12.3 Å². The average molecular weight is 226 g/mol. The van der Waals surface area contributed by atoms with Gasteiger partial charge in [-0.2, -0.15) is 0 Å². The first-order valence-corrected chi connectivity index (χ1v) is 5.18. The van der Waals surface area contributed by atoms with Crippen molar-refractivity contribution in [3.63, 3.8) is 0 Å². The molecule has 4 N–H and O–H groups in total. The Bertz CT molecular complexity index is 384. The number of rotatable bonds is 3. The molecule has 0 unspecified atom stereocenters. The monoisotopic (exact) mass is 226 g/mol. The number of hydrogen-bond acceptors (Lipinski definition) is 6. The standard InChI is InChI=1S/C9H14N4O3/c10-7-6(12-16-13-7)8(15)11-9(5-14)3-1-2-4-9/h14H,1-5H2,(H2,10,13)(H,11,15). The van der Waals surface area contributed by atoms with Gasteiger partial charge in [-0.25, -0.2) is 4.63 Å². The van der Waals surface area contributed by atoms with Crippen LogP contribution in [0, 0.1) is 0 Å². The van der Waals surface area contributed by atoms with Crippen molar-refractivity contribution in [2.24, 2.45) is 0 Å². The molecule has 16 heavy (non-hydrogen) atoms. The van der Waals surface area contributed by atoms with Gasteiger partial charge in [-0.1, -0.05) is 12.8 Å². The van der Waals surface area contributed by atoms with Crippen molar-refractivity contribution >= 4 is 11.7 Å². The highest BCUT2D eigenvalue weighted by Crippen LogP contribution is 2.29. The van der Waals surface area contributed by atoms with E-state index in [9.17, 15) is 9.90 Å². The molecule has 1 fully saturated rings. The van der Waals surface area contributed by atoms with Crippen LogP contribution in [0.3, 0.4) is 0 Å². The lowest BCUT2D eigenvalue weighted by molar-refractivity contribution is 0.0829. The minimum atomic E-state index is -0.539. The van der Waals surface area contributed by atoms with Gasteiger partial charge in [0.15, 0.2) is 0 Å². The zero-order valence-electron chi connectivity index (χ0n) is 8.77. The fraction of sp³-hybridized carbons (Fsp3) is 0.667. The molecule has 0 saturated heterocycles. The molecule has 0 spiro atoms. The minimum Gasteiger partial charge on any atom is -0.394 e. The van der Waals surface area contributed by atoms with Gasteiger partial charge in [-0.3, -0.25) is 4.79 Å². The molecule has 2 rings (SSSR count). The van der Waals surface area contributed by atoms with Crippen LogP contribution in [0.2, 0.25) is 0 Å². The van der Waals surface area contributed by atoms with E-state index in [1.807, 2.05) is 0 Å². The molecule has 7 heteroatoms. The number of aliphatic hydroxyl groups is 1. The number of nitrogens with zero attached hydrogens (tertiary/aromatic N) is 2. The largest absolute Gasteiger partial charge is 0.394 e. The molecule has 1 aliphatic rings. The third-order valence-corrected chi connectivity index (χ3v) is 2.97. The second kappa shape index (κ2) is 4.09. The van der Waals surface area contributed by atoms with E-state index in [0.29, 0.717) is 0 Å². The van der Waals surface area contributed by atoms with Crippen LogP contribution in [0.15, 0.2) is 4.63 Å². The van der Waals surface area contributed by atoms with E-state index in [1.54, 1.807) is 0 Å². The van der Waals surface area contributed by atoms with E-state index in [2.05, 4.69) is 20.3 Å². The molecule has 1 aromatic heterocycles. The van der Waals surface area contributed by atoms with E-state index >= 15 is 0 Å². The molecule has 1 heterocycles. The quantitative estimate of drug-likeness (QED) is 0.651. The van der Waals surface area contributed by atoms with Gasteiger partial charge in [0.25, 0.3) is 5.91 Å². The van der Waals surface area contributed by atoms with Crippen LogP contribution in [0.25, 0.3) is 0 Å². The number of hydrogen-bond donors (Lipinski definition) is 3. The highest BCUT2D eigenvalue weighted by molar-refractivity contribution is 5.96. The summed E-state index contributed by atoms with van der Waals surface area (Å²) in [5, 5.41) is 18.8. The minimum absolute atomic E-state index is 0.0280. The Balaban J connectivity index is 2.09. The van der Waals surface area contributed by atoms with E-state index in [4.69, 9.17) is 5.73 Å². The average Bonchev–Trinajstić information content (AvgIpc) is 2.87. The van der Waals surface area contributed by atoms with Gasteiger partial charge in [0.1, 0.15) is 0 Å². The number of carbonyl (C=O) groups is 1. The fourth-order valence-corrected chi connectivity index (χ4v) is 2.03. The van der Waals surface area contributed by atoms with Crippen LogP contribution >= 0.6 is 0 Å². The molecule has 1 amide bonds. The number of aromatic nitrogens is 2. The van der Waals surface area contributed by atoms with Crippen molar-refractivity contribution in [3.05, 3.63) is 5.69 Å². The highest BCUT2D eigenvalue weighted by atomic mass is 16.6. The molecule has 0 atom stereocenters. The molecule has 0 aromatic carbocycles. The Morgan fingerprint density at radius 1 is 1.50 bits per heavy atom. The van der Waals surface area contributed by atoms with E-state index in [0.717, 1.165) is 25.7 Å². The summed E-state index contributed by atoms with van der Waals surface area (Å²) in [7, 11) is 0. The smallest absolute Gasteiger partial charge is 0.277 e. The van der Waals surface area contributed by atoms with Gasteiger partial charge in [0.2, 0.25) is 11.5 Å². The van der Waals surface area contributed by atoms with Crippen LogP contribution < -0.4 is 11.1 Å². The number of aliphatic hydroxyl groups excluding tert-OH is 1. The Kier molecular flexibility index (Phi) is 2.78. The Hall–Kier alpha value is -1.63. The summed E-state index contributed by atoms with van der Waals surface area (Å²) >= 11 is 0. The van der Waals surface area contributed by atoms with Gasteiger partial charge >= 0.3 is 0 Å². The Morgan fingerprint density at radius 2 is 2.19 bits per heavy atom. The van der Waals surface area contributed by atoms with Crippen molar-refractivity contribution in [3.8, 4) is 0 Å². The lowest BCUT2D eigenvalue weighted by Gasteiger charge is -2.27. The maximum atomic E-state index is 11.8. The lowest BCUT2D eigenvalue weighted by atomic mass is 9.99. The maximum absolute atomic E-state index is 11.8. The number of nitrogen functional groups attached to an aromatic ring is 1. The van der Waals surface area contributed by atoms with Crippen LogP contribution in [0.1, 0.15) is 36.2 Å². The molecule has 1 aromatic rings. The van der Waals surface area contributed by atoms with Gasteiger partial charge in [0, 0.05) is 0 Å². The predicted octanol–water partition coefficient (Wildman–Crippen LogP) is -0.313. The van der Waals surface area contributed by atoms with Crippen molar-refractivity contribution in [1.29, 1.82) is 0 Å². The summed E-state index contributed by atoms with van der Waals surface area (Å²) in [6, 6.07) is 0. The number of anilines is 1. The second-order valence-electron chi connectivity index (χ2n) is 4.10. The molecule has 0 aliphatic heterocycles. The molecule has 0 radical (unpaired) electrons. The number of nitrogens with one attached hydrogen (secondary N) is 1. The van der Waals surface area contributed by atoms with Crippen LogP contribution in [0.5, 0.6) is 0 Å². The summed E-state index contributed by atoms with van der Waals surface area (Å²) in [5.41, 5.74) is 4.84. The summed E-state index contributed by atoms with van der Waals surface area (Å²) < 4.78 is 4.35. The Labute approximate surface area is 92.0 Å². The zero-order valence-corrected chi connectivity index (χ0v) is 8.77. The summed E-state index contributed by atoms with van der Waals surface area (Å²) in [6.45, 7) is -0.0794. The predicted molar refractivity (Wildman–Crippen MR) is 54.5 cm³/mol. The SMILES string of the molecule is Nc1nonc1C(=O)NC1(CO)CCCC1. The third kappa shape index (κ3) is 1.85. The van der Waals surface area contributed by atoms with E-state index in [1.165, 1.54) is 0 Å². The van der Waals surface area contributed by atoms with Gasteiger partial charge in [0.05, 0.1) is 12.1 Å². The molecule has 1 aliphatic carbocycles. The molecular formula is C9H14N4O3. The molecular weight excluding hydrogens is 212 g/mol. The van der Waals surface area contributed by atoms with Crippen LogP contribution in [-0.4, -0.2) is 33.5 Å². The van der Waals surface area contributed by atoms with Crippen molar-refractivity contribution in [2.45, 2.75) is 31.2 Å². The lowest BCUT2D eigenvalue weighted by Crippen LogP contribution is -2.49. The summed E-state index contributed by atoms with van der Waals surface area (Å²) in [5.74, 6) is -0.488. The Morgan fingerprint density at radius 3 is 2.69 bits per heavy atom. The van der Waals surface area contributed by atoms with Gasteiger partial charge in [-0.05, 0) is 23.2 Å². The van der Waals surface area contributed by atoms with Gasteiger partial charge in [-0.15, -0.1) is 0 Å². The fourth-order valence-electron chi connectivity index (χ4n) is 2.03. The van der Waals surface area contributed by atoms with Crippen molar-refractivity contribution < 1.29 is 14.5 Å². The first-order valence-electron chi connectivity index (χ1n) is 5.18. The van der Waals surface area contributed by atoms with Gasteiger partial charge < -0.3 is 16.2 Å². The van der Waals surface area contributed by atoms with Crippen LogP contribution in [-0.2, 0) is 0 Å². The van der Waals surface area contributed by atoms with Crippen LogP contribution in [0.4, 0.5) is 5.82 Å². The summed E-state index contributed by atoms with van der Waals surface area (Å²) in [6.07, 6.45) is 3.52. The van der Waals surface area contributed by atoms with E-state index < -0.39 is 11.4 Å². The highest BCUT2D eigenvalue weighted by Gasteiger charge is 2.36. The number of nitrogens with two attached hydrogens (primary N) is 1. The van der Waals surface area contributed by atoms with E-state index in [-0.39, 0.29) is 18.1 Å². The maximum Gasteiger partial charge on any atom is 0.277 e. The normalized spacial score (nSPS) is 18.6.